The van der Waals surface area contributed by atoms with Crippen LogP contribution >= 0.6 is 0 Å². The van der Waals surface area contributed by atoms with Gasteiger partial charge in [0.1, 0.15) is 5.75 Å². The molecule has 0 aliphatic rings. The zero-order valence-electron chi connectivity index (χ0n) is 14.5. The molecule has 1 heterocycles. The quantitative estimate of drug-likeness (QED) is 0.781. The third kappa shape index (κ3) is 3.60. The Bertz CT molecular complexity index is 688. The molecule has 2 aromatic rings. The second-order valence-corrected chi connectivity index (χ2v) is 5.71. The van der Waals surface area contributed by atoms with Gasteiger partial charge in [0.05, 0.1) is 30.7 Å². The molecule has 0 fully saturated rings. The molecular weight excluding hydrogens is 294 g/mol. The molecule has 23 heavy (non-hydrogen) atoms. The lowest BCUT2D eigenvalue weighted by Gasteiger charge is -2.14. The van der Waals surface area contributed by atoms with Crippen LogP contribution in [-0.2, 0) is 11.2 Å². The van der Waals surface area contributed by atoms with Crippen molar-refractivity contribution in [2.45, 2.75) is 46.6 Å². The smallest absolute Gasteiger partial charge is 0.358 e. The zero-order chi connectivity index (χ0) is 17.0. The number of hydrogen-bond acceptors (Lipinski definition) is 4. The molecule has 1 aromatic carbocycles. The molecular formula is C18H25NO4. The summed E-state index contributed by atoms with van der Waals surface area (Å²) in [5.74, 6) is 0.791. The minimum atomic E-state index is -0.444. The third-order valence-electron chi connectivity index (χ3n) is 3.49. The first-order valence-electron chi connectivity index (χ1n) is 8.08. The summed E-state index contributed by atoms with van der Waals surface area (Å²) in [6, 6.07) is 4.03. The van der Waals surface area contributed by atoms with Crippen LogP contribution in [0.25, 0.3) is 10.9 Å². The standard InChI is InChI=1S/C18H25NO4/c1-6-8-22-17-15-13(19-16(17)18(20)21-5)9-12(7-2)10-14(15)23-11(3)4/h9-11,19H,6-8H2,1-5H3. The number of rotatable bonds is 7. The van der Waals surface area contributed by atoms with Crippen molar-refractivity contribution in [2.75, 3.05) is 13.7 Å². The third-order valence-corrected chi connectivity index (χ3v) is 3.49. The number of esters is 1. The van der Waals surface area contributed by atoms with Crippen LogP contribution in [0.5, 0.6) is 11.5 Å². The zero-order valence-corrected chi connectivity index (χ0v) is 14.5. The molecule has 0 spiro atoms. The van der Waals surface area contributed by atoms with Gasteiger partial charge in [-0.2, -0.15) is 0 Å². The van der Waals surface area contributed by atoms with E-state index in [9.17, 15) is 4.79 Å². The summed E-state index contributed by atoms with van der Waals surface area (Å²) in [5, 5.41) is 0.796. The highest BCUT2D eigenvalue weighted by molar-refractivity contribution is 6.03. The fraction of sp³-hybridized carbons (Fsp3) is 0.500. The summed E-state index contributed by atoms with van der Waals surface area (Å²) in [6.07, 6.45) is 1.75. The van der Waals surface area contributed by atoms with E-state index >= 15 is 0 Å². The predicted octanol–water partition coefficient (Wildman–Crippen LogP) is 4.09. The van der Waals surface area contributed by atoms with E-state index in [4.69, 9.17) is 14.2 Å². The van der Waals surface area contributed by atoms with E-state index in [2.05, 4.69) is 11.9 Å². The van der Waals surface area contributed by atoms with E-state index in [1.54, 1.807) is 0 Å². The van der Waals surface area contributed by atoms with E-state index in [1.807, 2.05) is 32.9 Å². The molecule has 0 atom stereocenters. The van der Waals surface area contributed by atoms with Crippen LogP contribution in [-0.4, -0.2) is 30.8 Å². The molecule has 1 N–H and O–H groups in total. The van der Waals surface area contributed by atoms with Gasteiger partial charge >= 0.3 is 5.97 Å². The highest BCUT2D eigenvalue weighted by Crippen LogP contribution is 2.39. The number of hydrogen-bond donors (Lipinski definition) is 1. The maximum atomic E-state index is 12.1. The number of aromatic amines is 1. The lowest BCUT2D eigenvalue weighted by Crippen LogP contribution is -2.07. The molecule has 2 rings (SSSR count). The van der Waals surface area contributed by atoms with Crippen molar-refractivity contribution in [3.05, 3.63) is 23.4 Å². The van der Waals surface area contributed by atoms with Crippen molar-refractivity contribution in [3.63, 3.8) is 0 Å². The van der Waals surface area contributed by atoms with Crippen molar-refractivity contribution < 1.29 is 19.0 Å². The van der Waals surface area contributed by atoms with Crippen LogP contribution in [0.2, 0.25) is 0 Å². The maximum absolute atomic E-state index is 12.1. The van der Waals surface area contributed by atoms with Crippen LogP contribution < -0.4 is 9.47 Å². The van der Waals surface area contributed by atoms with Gasteiger partial charge in [-0.3, -0.25) is 0 Å². The van der Waals surface area contributed by atoms with E-state index in [1.165, 1.54) is 7.11 Å². The summed E-state index contributed by atoms with van der Waals surface area (Å²) in [4.78, 5) is 15.2. The van der Waals surface area contributed by atoms with E-state index in [-0.39, 0.29) is 6.10 Å². The number of benzene rings is 1. The number of aromatic nitrogens is 1. The Hall–Kier alpha value is -2.17. The lowest BCUT2D eigenvalue weighted by atomic mass is 10.1. The number of carbonyl (C=O) groups is 1. The van der Waals surface area contributed by atoms with Gasteiger partial charge in [-0.1, -0.05) is 13.8 Å². The second kappa shape index (κ2) is 7.40. The highest BCUT2D eigenvalue weighted by Gasteiger charge is 2.23. The normalized spacial score (nSPS) is 11.0. The first-order valence-corrected chi connectivity index (χ1v) is 8.08. The molecule has 5 nitrogen and oxygen atoms in total. The average Bonchev–Trinajstić information content (AvgIpc) is 2.90. The highest BCUT2D eigenvalue weighted by atomic mass is 16.5. The first kappa shape index (κ1) is 17.2. The van der Waals surface area contributed by atoms with Gasteiger partial charge in [0.25, 0.3) is 0 Å². The van der Waals surface area contributed by atoms with Gasteiger partial charge < -0.3 is 19.2 Å². The number of carbonyl (C=O) groups excluding carboxylic acids is 1. The fourth-order valence-electron chi connectivity index (χ4n) is 2.47. The van der Waals surface area contributed by atoms with E-state index in [0.29, 0.717) is 18.1 Å². The average molecular weight is 319 g/mol. The van der Waals surface area contributed by atoms with Crippen molar-refractivity contribution in [1.82, 2.24) is 4.98 Å². The van der Waals surface area contributed by atoms with Crippen LogP contribution in [0.3, 0.4) is 0 Å². The van der Waals surface area contributed by atoms with Crippen molar-refractivity contribution in [3.8, 4) is 11.5 Å². The molecule has 0 bridgehead atoms. The number of ether oxygens (including phenoxy) is 3. The molecule has 0 aliphatic carbocycles. The van der Waals surface area contributed by atoms with Gasteiger partial charge in [0, 0.05) is 0 Å². The second-order valence-electron chi connectivity index (χ2n) is 5.71. The van der Waals surface area contributed by atoms with Crippen molar-refractivity contribution in [2.24, 2.45) is 0 Å². The largest absolute Gasteiger partial charge is 0.490 e. The van der Waals surface area contributed by atoms with Crippen LogP contribution in [0.4, 0.5) is 0 Å². The number of nitrogens with one attached hydrogen (secondary N) is 1. The van der Waals surface area contributed by atoms with Crippen LogP contribution in [0.15, 0.2) is 12.1 Å². The monoisotopic (exact) mass is 319 g/mol. The van der Waals surface area contributed by atoms with E-state index < -0.39 is 5.97 Å². The van der Waals surface area contributed by atoms with Gasteiger partial charge in [0.2, 0.25) is 0 Å². The molecule has 126 valence electrons. The Morgan fingerprint density at radius 3 is 2.57 bits per heavy atom. The Balaban J connectivity index is 2.70. The Morgan fingerprint density at radius 2 is 2.00 bits per heavy atom. The number of H-pyrrole nitrogens is 1. The molecule has 0 amide bonds. The van der Waals surface area contributed by atoms with Crippen LogP contribution in [0, 0.1) is 0 Å². The molecule has 0 radical (unpaired) electrons. The molecule has 5 heteroatoms. The lowest BCUT2D eigenvalue weighted by molar-refractivity contribution is 0.0590. The minimum Gasteiger partial charge on any atom is -0.490 e. The molecule has 1 aromatic heterocycles. The Labute approximate surface area is 136 Å². The molecule has 0 unspecified atom stereocenters. The first-order chi connectivity index (χ1) is 11.0. The number of fused-ring (bicyclic) bond motifs is 1. The molecule has 0 saturated carbocycles. The fourth-order valence-corrected chi connectivity index (χ4v) is 2.47. The summed E-state index contributed by atoms with van der Waals surface area (Å²) in [5.41, 5.74) is 2.29. The molecule has 0 saturated heterocycles. The van der Waals surface area contributed by atoms with Gasteiger partial charge in [0.15, 0.2) is 11.4 Å². The van der Waals surface area contributed by atoms with Crippen molar-refractivity contribution >= 4 is 16.9 Å². The van der Waals surface area contributed by atoms with Crippen LogP contribution in [0.1, 0.15) is 50.2 Å². The van der Waals surface area contributed by atoms with Crippen molar-refractivity contribution in [1.29, 1.82) is 0 Å². The number of aryl methyl sites for hydroxylation is 1. The van der Waals surface area contributed by atoms with Gasteiger partial charge in [-0.05, 0) is 44.4 Å². The summed E-state index contributed by atoms with van der Waals surface area (Å²) in [6.45, 7) is 8.58. The van der Waals surface area contributed by atoms with Gasteiger partial charge in [-0.15, -0.1) is 0 Å². The SMILES string of the molecule is CCCOc1c(C(=O)OC)[nH]c2cc(CC)cc(OC(C)C)c12. The summed E-state index contributed by atoms with van der Waals surface area (Å²) < 4.78 is 16.7. The number of methoxy groups -OCH3 is 1. The Kier molecular flexibility index (Phi) is 5.53. The summed E-state index contributed by atoms with van der Waals surface area (Å²) in [7, 11) is 1.36. The summed E-state index contributed by atoms with van der Waals surface area (Å²) >= 11 is 0. The predicted molar refractivity (Wildman–Crippen MR) is 90.6 cm³/mol. The minimum absolute atomic E-state index is 0.0285. The maximum Gasteiger partial charge on any atom is 0.358 e. The molecule has 0 aliphatic heterocycles. The van der Waals surface area contributed by atoms with Gasteiger partial charge in [-0.25, -0.2) is 4.79 Å². The Morgan fingerprint density at radius 1 is 1.26 bits per heavy atom. The topological polar surface area (TPSA) is 60.5 Å². The van der Waals surface area contributed by atoms with E-state index in [0.717, 1.165) is 35.1 Å².